The maximum absolute atomic E-state index is 10.6. The Morgan fingerprint density at radius 1 is 1.53 bits per heavy atom. The van der Waals surface area contributed by atoms with Gasteiger partial charge in [-0.05, 0) is 13.8 Å². The minimum absolute atomic E-state index is 0. The van der Waals surface area contributed by atoms with Crippen LogP contribution in [-0.4, -0.2) is 27.6 Å². The molecule has 0 aliphatic heterocycles. The average molecular weight is 242 g/mol. The largest absolute Gasteiger partial charge is 1.00 e. The summed E-state index contributed by atoms with van der Waals surface area (Å²) >= 11 is 0. The summed E-state index contributed by atoms with van der Waals surface area (Å²) in [6.07, 6.45) is 2.54. The molecular weight excluding hydrogens is 231 g/mol. The molecule has 1 rings (SSSR count). The van der Waals surface area contributed by atoms with Crippen LogP contribution < -0.4 is 29.6 Å². The van der Waals surface area contributed by atoms with Crippen molar-refractivity contribution in [2.45, 2.75) is 25.3 Å². The van der Waals surface area contributed by atoms with Crippen molar-refractivity contribution in [1.82, 2.24) is 9.55 Å². The molecule has 1 atom stereocenters. The maximum Gasteiger partial charge on any atom is 1.00 e. The first-order chi connectivity index (χ1) is 6.34. The van der Waals surface area contributed by atoms with E-state index in [1.807, 2.05) is 0 Å². The minimum Gasteiger partial charge on any atom is -0.746 e. The van der Waals surface area contributed by atoms with Crippen molar-refractivity contribution in [1.29, 1.82) is 0 Å². The molecule has 0 aromatic carbocycles. The zero-order valence-electron chi connectivity index (χ0n) is 8.78. The number of aliphatic hydroxyl groups excluding tert-OH is 1. The molecule has 0 saturated carbocycles. The van der Waals surface area contributed by atoms with Crippen LogP contribution in [0.15, 0.2) is 12.5 Å². The van der Waals surface area contributed by atoms with E-state index in [4.69, 9.17) is 0 Å². The topological polar surface area (TPSA) is 95.2 Å². The molecular formula is C7H11N2NaO4S. The van der Waals surface area contributed by atoms with Crippen LogP contribution in [0.1, 0.15) is 31.0 Å². The molecule has 0 bridgehead atoms. The first-order valence-corrected chi connectivity index (χ1v) is 5.45. The molecule has 8 heteroatoms. The van der Waals surface area contributed by atoms with Gasteiger partial charge in [0.25, 0.3) is 0 Å². The van der Waals surface area contributed by atoms with Crippen molar-refractivity contribution < 1.29 is 47.6 Å². The molecule has 1 N–H and O–H groups in total. The first kappa shape index (κ1) is 15.1. The Morgan fingerprint density at radius 2 is 2.07 bits per heavy atom. The molecule has 0 aliphatic carbocycles. The summed E-state index contributed by atoms with van der Waals surface area (Å²) in [5, 5.41) is 9.21. The van der Waals surface area contributed by atoms with Crippen LogP contribution in [-0.2, 0) is 10.1 Å². The molecule has 0 saturated heterocycles. The SMILES string of the molecule is CC(C)n1cncc1C(O)S(=O)(=O)[O-].[Na+]. The molecule has 0 aliphatic rings. The second-order valence-electron chi connectivity index (χ2n) is 3.16. The number of aliphatic hydroxyl groups is 1. The van der Waals surface area contributed by atoms with Crippen molar-refractivity contribution in [2.24, 2.45) is 0 Å². The van der Waals surface area contributed by atoms with Gasteiger partial charge in [-0.25, -0.2) is 13.4 Å². The Labute approximate surface area is 110 Å². The van der Waals surface area contributed by atoms with E-state index in [1.165, 1.54) is 17.1 Å². The zero-order chi connectivity index (χ0) is 10.9. The van der Waals surface area contributed by atoms with Crippen molar-refractivity contribution in [3.05, 3.63) is 18.2 Å². The zero-order valence-corrected chi connectivity index (χ0v) is 11.6. The summed E-state index contributed by atoms with van der Waals surface area (Å²) in [7, 11) is -4.74. The van der Waals surface area contributed by atoms with Crippen molar-refractivity contribution in [3.8, 4) is 0 Å². The van der Waals surface area contributed by atoms with Crippen LogP contribution in [0.4, 0.5) is 0 Å². The van der Waals surface area contributed by atoms with E-state index in [2.05, 4.69) is 4.98 Å². The summed E-state index contributed by atoms with van der Waals surface area (Å²) in [6.45, 7) is 3.57. The maximum atomic E-state index is 10.6. The van der Waals surface area contributed by atoms with E-state index in [9.17, 15) is 18.1 Å². The number of aromatic nitrogens is 2. The third-order valence-corrected chi connectivity index (χ3v) is 2.57. The van der Waals surface area contributed by atoms with Crippen LogP contribution in [0, 0.1) is 0 Å². The molecule has 6 nitrogen and oxygen atoms in total. The monoisotopic (exact) mass is 242 g/mol. The van der Waals surface area contributed by atoms with E-state index in [-0.39, 0.29) is 41.3 Å². The van der Waals surface area contributed by atoms with E-state index >= 15 is 0 Å². The summed E-state index contributed by atoms with van der Waals surface area (Å²) in [5.74, 6) is 0. The quantitative estimate of drug-likeness (QED) is 0.450. The van der Waals surface area contributed by atoms with Gasteiger partial charge in [0, 0.05) is 6.04 Å². The molecule has 0 radical (unpaired) electrons. The van der Waals surface area contributed by atoms with Crippen LogP contribution in [0.25, 0.3) is 0 Å². The van der Waals surface area contributed by atoms with Gasteiger partial charge in [0.15, 0.2) is 5.44 Å². The van der Waals surface area contributed by atoms with E-state index in [0.717, 1.165) is 0 Å². The van der Waals surface area contributed by atoms with Gasteiger partial charge in [0.1, 0.15) is 10.1 Å². The third kappa shape index (κ3) is 3.54. The second kappa shape index (κ2) is 5.42. The molecule has 0 fully saturated rings. The van der Waals surface area contributed by atoms with Gasteiger partial charge in [-0.2, -0.15) is 0 Å². The molecule has 1 aromatic rings. The van der Waals surface area contributed by atoms with Gasteiger partial charge in [-0.15, -0.1) is 0 Å². The Hall–Kier alpha value is 0.0800. The molecule has 80 valence electrons. The van der Waals surface area contributed by atoms with Crippen LogP contribution >= 0.6 is 0 Å². The summed E-state index contributed by atoms with van der Waals surface area (Å²) in [4.78, 5) is 3.68. The average Bonchev–Trinajstić information content (AvgIpc) is 2.48. The number of hydrogen-bond donors (Lipinski definition) is 1. The Kier molecular flexibility index (Phi) is 5.45. The summed E-state index contributed by atoms with van der Waals surface area (Å²) < 4.78 is 33.1. The Bertz CT molecular complexity index is 414. The van der Waals surface area contributed by atoms with Crippen LogP contribution in [0.2, 0.25) is 0 Å². The fraction of sp³-hybridized carbons (Fsp3) is 0.571. The van der Waals surface area contributed by atoms with Gasteiger partial charge in [0.05, 0.1) is 18.2 Å². The second-order valence-corrected chi connectivity index (χ2v) is 4.60. The van der Waals surface area contributed by atoms with Gasteiger partial charge >= 0.3 is 29.6 Å². The van der Waals surface area contributed by atoms with E-state index in [0.29, 0.717) is 0 Å². The predicted octanol–water partition coefficient (Wildman–Crippen LogP) is -3.00. The Balaban J connectivity index is 0.00000196. The third-order valence-electron chi connectivity index (χ3n) is 1.78. The summed E-state index contributed by atoms with van der Waals surface area (Å²) in [6, 6.07) is -0.0658. The standard InChI is InChI=1S/C7H12N2O4S.Na/c1-5(2)9-4-8-3-6(9)7(10)14(11,12)13;/h3-5,7,10H,1-2H3,(H,11,12,13);/q;+1/p-1. The number of nitrogens with zero attached hydrogens (tertiary/aromatic N) is 2. The fourth-order valence-corrected chi connectivity index (χ4v) is 1.56. The minimum atomic E-state index is -4.74. The van der Waals surface area contributed by atoms with Crippen molar-refractivity contribution >= 4 is 10.1 Å². The molecule has 1 heterocycles. The molecule has 1 unspecified atom stereocenters. The fourth-order valence-electron chi connectivity index (χ4n) is 1.09. The molecule has 0 amide bonds. The van der Waals surface area contributed by atoms with Gasteiger partial charge in [-0.1, -0.05) is 0 Å². The number of hydrogen-bond acceptors (Lipinski definition) is 5. The van der Waals surface area contributed by atoms with E-state index in [1.54, 1.807) is 13.8 Å². The van der Waals surface area contributed by atoms with E-state index < -0.39 is 15.6 Å². The normalized spacial score (nSPS) is 13.7. The summed E-state index contributed by atoms with van der Waals surface area (Å²) in [5.41, 5.74) is -2.05. The predicted molar refractivity (Wildman–Crippen MR) is 47.3 cm³/mol. The smallest absolute Gasteiger partial charge is 0.746 e. The van der Waals surface area contributed by atoms with Gasteiger partial charge in [0.2, 0.25) is 0 Å². The number of rotatable bonds is 3. The van der Waals surface area contributed by atoms with Crippen molar-refractivity contribution in [2.75, 3.05) is 0 Å². The van der Waals surface area contributed by atoms with Gasteiger partial charge < -0.3 is 14.2 Å². The number of imidazole rings is 1. The molecule has 1 aromatic heterocycles. The van der Waals surface area contributed by atoms with Crippen LogP contribution in [0.5, 0.6) is 0 Å². The Morgan fingerprint density at radius 3 is 2.47 bits per heavy atom. The van der Waals surface area contributed by atoms with Gasteiger partial charge in [-0.3, -0.25) is 0 Å². The molecule has 15 heavy (non-hydrogen) atoms. The van der Waals surface area contributed by atoms with Crippen LogP contribution in [0.3, 0.4) is 0 Å². The molecule has 0 spiro atoms. The van der Waals surface area contributed by atoms with Crippen molar-refractivity contribution in [3.63, 3.8) is 0 Å². The first-order valence-electron chi connectivity index (χ1n) is 3.98.